The third-order valence-electron chi connectivity index (χ3n) is 4.30. The molecule has 0 aliphatic carbocycles. The summed E-state index contributed by atoms with van der Waals surface area (Å²) < 4.78 is 5.42. The average molecular weight is 312 g/mol. The van der Waals surface area contributed by atoms with Crippen molar-refractivity contribution in [1.82, 2.24) is 15.5 Å². The Morgan fingerprint density at radius 2 is 2.09 bits per heavy atom. The highest BCUT2D eigenvalue weighted by molar-refractivity contribution is 5.38. The second-order valence-electron chi connectivity index (χ2n) is 6.01. The number of ether oxygens (including phenoxy) is 1. The summed E-state index contributed by atoms with van der Waals surface area (Å²) in [5.41, 5.74) is 2.15. The summed E-state index contributed by atoms with van der Waals surface area (Å²) in [7, 11) is 1.72. The minimum Gasteiger partial charge on any atom is -0.496 e. The molecule has 0 radical (unpaired) electrons. The van der Waals surface area contributed by atoms with E-state index >= 15 is 0 Å². The van der Waals surface area contributed by atoms with E-state index in [1.807, 2.05) is 25.1 Å². The SMILES string of the molecule is COc1ccccc1CN[C@H]1CCCN(c2ccc(C)nn2)C1. The van der Waals surface area contributed by atoms with Crippen molar-refractivity contribution in [3.05, 3.63) is 47.7 Å². The summed E-state index contributed by atoms with van der Waals surface area (Å²) >= 11 is 0. The van der Waals surface area contributed by atoms with E-state index in [1.165, 1.54) is 18.4 Å². The molecule has 1 saturated heterocycles. The van der Waals surface area contributed by atoms with E-state index in [2.05, 4.69) is 38.6 Å². The molecule has 23 heavy (non-hydrogen) atoms. The number of methoxy groups -OCH3 is 1. The molecule has 3 rings (SSSR count). The highest BCUT2D eigenvalue weighted by Crippen LogP contribution is 2.20. The van der Waals surface area contributed by atoms with Crippen LogP contribution < -0.4 is 15.0 Å². The van der Waals surface area contributed by atoms with Gasteiger partial charge in [0.2, 0.25) is 0 Å². The first-order chi connectivity index (χ1) is 11.3. The summed E-state index contributed by atoms with van der Waals surface area (Å²) in [5.74, 6) is 1.91. The van der Waals surface area contributed by atoms with Crippen molar-refractivity contribution in [3.8, 4) is 5.75 Å². The molecule has 1 aromatic heterocycles. The van der Waals surface area contributed by atoms with E-state index in [4.69, 9.17) is 4.74 Å². The molecule has 1 aromatic carbocycles. The number of benzene rings is 1. The maximum Gasteiger partial charge on any atom is 0.151 e. The Bertz CT molecular complexity index is 629. The van der Waals surface area contributed by atoms with Crippen molar-refractivity contribution in [1.29, 1.82) is 0 Å². The standard InChI is InChI=1S/C18H24N4O/c1-14-9-10-18(21-20-14)22-11-5-7-16(13-22)19-12-15-6-3-4-8-17(15)23-2/h3-4,6,8-10,16,19H,5,7,11-13H2,1-2H3/t16-/m0/s1. The summed E-state index contributed by atoms with van der Waals surface area (Å²) in [6.45, 7) is 4.80. The van der Waals surface area contributed by atoms with Crippen LogP contribution in [0.25, 0.3) is 0 Å². The van der Waals surface area contributed by atoms with Gasteiger partial charge in [0.25, 0.3) is 0 Å². The molecule has 2 aromatic rings. The van der Waals surface area contributed by atoms with Crippen LogP contribution in [0.15, 0.2) is 36.4 Å². The van der Waals surface area contributed by atoms with Gasteiger partial charge in [0.15, 0.2) is 5.82 Å². The van der Waals surface area contributed by atoms with Crippen LogP contribution in [0.1, 0.15) is 24.1 Å². The number of nitrogens with zero attached hydrogens (tertiary/aromatic N) is 3. The second-order valence-corrected chi connectivity index (χ2v) is 6.01. The Hall–Kier alpha value is -2.14. The normalized spacial score (nSPS) is 18.0. The molecule has 1 fully saturated rings. The lowest BCUT2D eigenvalue weighted by Crippen LogP contribution is -2.45. The quantitative estimate of drug-likeness (QED) is 0.919. The van der Waals surface area contributed by atoms with E-state index in [9.17, 15) is 0 Å². The average Bonchev–Trinajstić information content (AvgIpc) is 2.61. The van der Waals surface area contributed by atoms with E-state index in [0.717, 1.165) is 36.9 Å². The Balaban J connectivity index is 1.59. The van der Waals surface area contributed by atoms with Crippen molar-refractivity contribution in [2.75, 3.05) is 25.1 Å². The van der Waals surface area contributed by atoms with Crippen LogP contribution in [0.4, 0.5) is 5.82 Å². The summed E-state index contributed by atoms with van der Waals surface area (Å²) in [6, 6.07) is 12.7. The second kappa shape index (κ2) is 7.42. The fourth-order valence-electron chi connectivity index (χ4n) is 3.02. The van der Waals surface area contributed by atoms with Gasteiger partial charge in [-0.05, 0) is 38.0 Å². The first kappa shape index (κ1) is 15.7. The smallest absolute Gasteiger partial charge is 0.151 e. The first-order valence-corrected chi connectivity index (χ1v) is 8.17. The molecule has 5 heteroatoms. The van der Waals surface area contributed by atoms with Crippen LogP contribution in [0.3, 0.4) is 0 Å². The van der Waals surface area contributed by atoms with Crippen LogP contribution in [-0.4, -0.2) is 36.4 Å². The van der Waals surface area contributed by atoms with Crippen molar-refractivity contribution >= 4 is 5.82 Å². The Morgan fingerprint density at radius 1 is 1.22 bits per heavy atom. The van der Waals surface area contributed by atoms with Gasteiger partial charge in [-0.15, -0.1) is 5.10 Å². The lowest BCUT2D eigenvalue weighted by atomic mass is 10.0. The summed E-state index contributed by atoms with van der Waals surface area (Å²) in [4.78, 5) is 2.32. The lowest BCUT2D eigenvalue weighted by molar-refractivity contribution is 0.394. The molecule has 0 unspecified atom stereocenters. The van der Waals surface area contributed by atoms with Crippen molar-refractivity contribution < 1.29 is 4.74 Å². The lowest BCUT2D eigenvalue weighted by Gasteiger charge is -2.34. The number of aryl methyl sites for hydroxylation is 1. The zero-order valence-electron chi connectivity index (χ0n) is 13.8. The van der Waals surface area contributed by atoms with Gasteiger partial charge in [0, 0.05) is 31.2 Å². The van der Waals surface area contributed by atoms with Crippen LogP contribution >= 0.6 is 0 Å². The minimum absolute atomic E-state index is 0.455. The zero-order valence-corrected chi connectivity index (χ0v) is 13.8. The fraction of sp³-hybridized carbons (Fsp3) is 0.444. The maximum absolute atomic E-state index is 5.42. The molecule has 0 spiro atoms. The first-order valence-electron chi connectivity index (χ1n) is 8.17. The number of rotatable bonds is 5. The third-order valence-corrected chi connectivity index (χ3v) is 4.30. The van der Waals surface area contributed by atoms with E-state index in [0.29, 0.717) is 6.04 Å². The molecule has 1 aliphatic rings. The van der Waals surface area contributed by atoms with Gasteiger partial charge < -0.3 is 15.0 Å². The van der Waals surface area contributed by atoms with Crippen LogP contribution in [0.2, 0.25) is 0 Å². The zero-order chi connectivity index (χ0) is 16.1. The van der Waals surface area contributed by atoms with Crippen LogP contribution in [0.5, 0.6) is 5.75 Å². The van der Waals surface area contributed by atoms with Gasteiger partial charge in [-0.1, -0.05) is 18.2 Å². The predicted molar refractivity (Wildman–Crippen MR) is 91.8 cm³/mol. The number of hydrogen-bond donors (Lipinski definition) is 1. The molecule has 1 atom stereocenters. The van der Waals surface area contributed by atoms with E-state index in [-0.39, 0.29) is 0 Å². The van der Waals surface area contributed by atoms with Gasteiger partial charge in [-0.2, -0.15) is 5.10 Å². The van der Waals surface area contributed by atoms with Crippen LogP contribution in [-0.2, 0) is 6.54 Å². The monoisotopic (exact) mass is 312 g/mol. The predicted octanol–water partition coefficient (Wildman–Crippen LogP) is 2.55. The Morgan fingerprint density at radius 3 is 2.87 bits per heavy atom. The molecular formula is C18H24N4O. The number of aromatic nitrogens is 2. The number of piperidine rings is 1. The van der Waals surface area contributed by atoms with Gasteiger partial charge >= 0.3 is 0 Å². The molecule has 0 saturated carbocycles. The Labute approximate surface area is 137 Å². The van der Waals surface area contributed by atoms with Gasteiger partial charge in [0.05, 0.1) is 12.8 Å². The van der Waals surface area contributed by atoms with Gasteiger partial charge in [-0.3, -0.25) is 0 Å². The molecule has 0 amide bonds. The molecule has 1 N–H and O–H groups in total. The maximum atomic E-state index is 5.42. The van der Waals surface area contributed by atoms with Gasteiger partial charge in [0.1, 0.15) is 5.75 Å². The minimum atomic E-state index is 0.455. The summed E-state index contributed by atoms with van der Waals surface area (Å²) in [5, 5.41) is 12.1. The van der Waals surface area contributed by atoms with Gasteiger partial charge in [-0.25, -0.2) is 0 Å². The molecule has 1 aliphatic heterocycles. The fourth-order valence-corrected chi connectivity index (χ4v) is 3.02. The molecule has 0 bridgehead atoms. The molecule has 2 heterocycles. The summed E-state index contributed by atoms with van der Waals surface area (Å²) in [6.07, 6.45) is 2.35. The third kappa shape index (κ3) is 3.99. The molecule has 5 nitrogen and oxygen atoms in total. The van der Waals surface area contributed by atoms with Crippen LogP contribution in [0, 0.1) is 6.92 Å². The van der Waals surface area contributed by atoms with Crippen molar-refractivity contribution in [2.45, 2.75) is 32.4 Å². The number of para-hydroxylation sites is 1. The van der Waals surface area contributed by atoms with Crippen molar-refractivity contribution in [2.24, 2.45) is 0 Å². The Kier molecular flexibility index (Phi) is 5.08. The topological polar surface area (TPSA) is 50.3 Å². The highest BCUT2D eigenvalue weighted by Gasteiger charge is 2.21. The highest BCUT2D eigenvalue weighted by atomic mass is 16.5. The largest absolute Gasteiger partial charge is 0.496 e. The number of hydrogen-bond acceptors (Lipinski definition) is 5. The van der Waals surface area contributed by atoms with E-state index < -0.39 is 0 Å². The van der Waals surface area contributed by atoms with Crippen molar-refractivity contribution in [3.63, 3.8) is 0 Å². The number of anilines is 1. The van der Waals surface area contributed by atoms with E-state index in [1.54, 1.807) is 7.11 Å². The molecular weight excluding hydrogens is 288 g/mol. The number of nitrogens with one attached hydrogen (secondary N) is 1. The molecule has 122 valence electrons.